The lowest BCUT2D eigenvalue weighted by molar-refractivity contribution is -0.128. The van der Waals surface area contributed by atoms with Gasteiger partial charge in [0.25, 0.3) is 0 Å². The van der Waals surface area contributed by atoms with E-state index in [1.807, 2.05) is 4.90 Å². The third kappa shape index (κ3) is 5.01. The van der Waals surface area contributed by atoms with Crippen molar-refractivity contribution in [1.82, 2.24) is 15.1 Å². The smallest absolute Gasteiger partial charge is 0.233 e. The van der Waals surface area contributed by atoms with Gasteiger partial charge < -0.3 is 15.1 Å². The number of nitrogens with zero attached hydrogens (tertiary/aromatic N) is 4. The molecule has 6 nitrogen and oxygen atoms in total. The van der Waals surface area contributed by atoms with Gasteiger partial charge in [-0.2, -0.15) is 0 Å². The van der Waals surface area contributed by atoms with E-state index in [-0.39, 0.29) is 5.91 Å². The summed E-state index contributed by atoms with van der Waals surface area (Å²) in [6, 6.07) is 6.41. The molecular formula is C19H25N5OS2. The van der Waals surface area contributed by atoms with Gasteiger partial charge >= 0.3 is 0 Å². The first-order chi connectivity index (χ1) is 13.1. The number of aromatic nitrogens is 2. The first-order valence-electron chi connectivity index (χ1n) is 8.98. The number of carbonyl (C=O) groups excluding carboxylic acids is 1. The van der Waals surface area contributed by atoms with Crippen LogP contribution in [0.25, 0.3) is 0 Å². The summed E-state index contributed by atoms with van der Waals surface area (Å²) < 4.78 is 0.809. The number of hydrogen-bond acceptors (Lipinski definition) is 7. The van der Waals surface area contributed by atoms with Gasteiger partial charge in [-0.15, -0.1) is 16.8 Å². The number of carbonyl (C=O) groups is 1. The van der Waals surface area contributed by atoms with E-state index in [0.717, 1.165) is 35.7 Å². The highest BCUT2D eigenvalue weighted by Gasteiger charge is 2.22. The van der Waals surface area contributed by atoms with E-state index in [2.05, 4.69) is 59.0 Å². The van der Waals surface area contributed by atoms with Crippen molar-refractivity contribution in [1.29, 1.82) is 0 Å². The molecule has 0 aliphatic carbocycles. The third-order valence-electron chi connectivity index (χ3n) is 4.67. The molecule has 2 aromatic rings. The Balaban J connectivity index is 1.48. The minimum Gasteiger partial charge on any atom is -0.368 e. The predicted octanol–water partition coefficient (Wildman–Crippen LogP) is 3.19. The second kappa shape index (κ2) is 9.23. The van der Waals surface area contributed by atoms with E-state index >= 15 is 0 Å². The summed E-state index contributed by atoms with van der Waals surface area (Å²) in [5.41, 5.74) is 3.91. The molecule has 2 heterocycles. The molecule has 8 heteroatoms. The Labute approximate surface area is 168 Å². The Morgan fingerprint density at radius 1 is 1.30 bits per heavy atom. The Morgan fingerprint density at radius 2 is 2.07 bits per heavy atom. The van der Waals surface area contributed by atoms with Crippen molar-refractivity contribution in [2.45, 2.75) is 18.2 Å². The Bertz CT molecular complexity index is 799. The average molecular weight is 404 g/mol. The minimum absolute atomic E-state index is 0.163. The number of nitrogens with one attached hydrogen (secondary N) is 1. The number of hydrogen-bond donors (Lipinski definition) is 1. The van der Waals surface area contributed by atoms with E-state index in [1.54, 1.807) is 6.08 Å². The second-order valence-corrected chi connectivity index (χ2v) is 8.62. The molecule has 3 rings (SSSR count). The molecule has 0 atom stereocenters. The van der Waals surface area contributed by atoms with Gasteiger partial charge in [0, 0.05) is 38.4 Å². The number of rotatable bonds is 7. The van der Waals surface area contributed by atoms with E-state index in [9.17, 15) is 4.79 Å². The molecule has 0 unspecified atom stereocenters. The standard InChI is InChI=1S/C19H25N5OS2/c1-4-8-20-18-21-22-19(27-18)26-13-17(25)24-11-9-23(10-12-24)16-7-5-6-14(2)15(16)3/h4-7H,1,8-13H2,2-3H3,(H,20,21). The van der Waals surface area contributed by atoms with Crippen molar-refractivity contribution in [3.63, 3.8) is 0 Å². The zero-order valence-corrected chi connectivity index (χ0v) is 17.4. The summed E-state index contributed by atoms with van der Waals surface area (Å²) in [4.78, 5) is 16.9. The first kappa shape index (κ1) is 19.7. The number of amides is 1. The van der Waals surface area contributed by atoms with Crippen molar-refractivity contribution < 1.29 is 4.79 Å². The van der Waals surface area contributed by atoms with Crippen LogP contribution in [0.15, 0.2) is 35.2 Å². The lowest BCUT2D eigenvalue weighted by atomic mass is 10.1. The number of anilines is 2. The molecule has 1 N–H and O–H groups in total. The van der Waals surface area contributed by atoms with Crippen molar-refractivity contribution in [2.75, 3.05) is 48.7 Å². The van der Waals surface area contributed by atoms with E-state index in [4.69, 9.17) is 0 Å². The summed E-state index contributed by atoms with van der Waals surface area (Å²) in [6.45, 7) is 11.9. The fourth-order valence-corrected chi connectivity index (χ4v) is 4.65. The summed E-state index contributed by atoms with van der Waals surface area (Å²) in [5, 5.41) is 12.0. The highest BCUT2D eigenvalue weighted by atomic mass is 32.2. The molecule has 0 spiro atoms. The van der Waals surface area contributed by atoms with Gasteiger partial charge in [-0.3, -0.25) is 4.79 Å². The highest BCUT2D eigenvalue weighted by Crippen LogP contribution is 2.26. The summed E-state index contributed by atoms with van der Waals surface area (Å²) in [6.07, 6.45) is 1.77. The van der Waals surface area contributed by atoms with Crippen LogP contribution in [0.3, 0.4) is 0 Å². The van der Waals surface area contributed by atoms with Gasteiger partial charge in [0.15, 0.2) is 4.34 Å². The van der Waals surface area contributed by atoms with E-state index < -0.39 is 0 Å². The summed E-state index contributed by atoms with van der Waals surface area (Å²) in [5.74, 6) is 0.566. The normalized spacial score (nSPS) is 14.3. The lowest BCUT2D eigenvalue weighted by Crippen LogP contribution is -2.49. The molecular weight excluding hydrogens is 378 g/mol. The van der Waals surface area contributed by atoms with Gasteiger partial charge in [0.05, 0.1) is 5.75 Å². The van der Waals surface area contributed by atoms with Crippen LogP contribution in [0.5, 0.6) is 0 Å². The monoisotopic (exact) mass is 403 g/mol. The number of thioether (sulfide) groups is 1. The summed E-state index contributed by atoms with van der Waals surface area (Å²) >= 11 is 2.92. The molecule has 1 aliphatic heterocycles. The maximum Gasteiger partial charge on any atom is 0.233 e. The van der Waals surface area contributed by atoms with Crippen LogP contribution in [0.1, 0.15) is 11.1 Å². The molecule has 0 radical (unpaired) electrons. The van der Waals surface area contributed by atoms with Crippen LogP contribution in [-0.2, 0) is 4.79 Å². The van der Waals surface area contributed by atoms with E-state index in [1.165, 1.54) is 39.9 Å². The number of piperazine rings is 1. The van der Waals surface area contributed by atoms with Gasteiger partial charge in [-0.05, 0) is 31.0 Å². The van der Waals surface area contributed by atoms with E-state index in [0.29, 0.717) is 12.3 Å². The zero-order chi connectivity index (χ0) is 19.2. The average Bonchev–Trinajstić information content (AvgIpc) is 3.14. The van der Waals surface area contributed by atoms with Crippen molar-refractivity contribution in [2.24, 2.45) is 0 Å². The first-order valence-corrected chi connectivity index (χ1v) is 10.8. The highest BCUT2D eigenvalue weighted by molar-refractivity contribution is 8.01. The predicted molar refractivity (Wildman–Crippen MR) is 114 cm³/mol. The molecule has 0 bridgehead atoms. The van der Waals surface area contributed by atoms with Gasteiger partial charge in [0.2, 0.25) is 11.0 Å². The Morgan fingerprint density at radius 3 is 2.81 bits per heavy atom. The zero-order valence-electron chi connectivity index (χ0n) is 15.8. The van der Waals surface area contributed by atoms with Crippen LogP contribution in [-0.4, -0.2) is 59.5 Å². The maximum absolute atomic E-state index is 12.5. The van der Waals surface area contributed by atoms with Gasteiger partial charge in [0.1, 0.15) is 0 Å². The Kier molecular flexibility index (Phi) is 6.73. The Hall–Kier alpha value is -2.06. The topological polar surface area (TPSA) is 61.4 Å². The molecule has 1 aromatic carbocycles. The molecule has 1 aromatic heterocycles. The van der Waals surface area contributed by atoms with Crippen LogP contribution in [0.4, 0.5) is 10.8 Å². The molecule has 1 aliphatic rings. The fraction of sp³-hybridized carbons (Fsp3) is 0.421. The molecule has 1 fully saturated rings. The fourth-order valence-electron chi connectivity index (χ4n) is 2.99. The van der Waals surface area contributed by atoms with Crippen LogP contribution in [0, 0.1) is 13.8 Å². The van der Waals surface area contributed by atoms with Gasteiger partial charge in [-0.25, -0.2) is 0 Å². The quantitative estimate of drug-likeness (QED) is 0.566. The van der Waals surface area contributed by atoms with Crippen molar-refractivity contribution >= 4 is 39.8 Å². The summed E-state index contributed by atoms with van der Waals surface area (Å²) in [7, 11) is 0. The minimum atomic E-state index is 0.163. The van der Waals surface area contributed by atoms with Crippen LogP contribution < -0.4 is 10.2 Å². The second-order valence-electron chi connectivity index (χ2n) is 6.42. The number of aryl methyl sites for hydroxylation is 1. The molecule has 0 saturated carbocycles. The van der Waals surface area contributed by atoms with Crippen molar-refractivity contribution in [3.8, 4) is 0 Å². The maximum atomic E-state index is 12.5. The number of benzene rings is 1. The molecule has 1 saturated heterocycles. The van der Waals surface area contributed by atoms with Crippen LogP contribution >= 0.6 is 23.1 Å². The SMILES string of the molecule is C=CCNc1nnc(SCC(=O)N2CCN(c3cccc(C)c3C)CC2)s1. The third-order valence-corrected chi connectivity index (χ3v) is 6.67. The van der Waals surface area contributed by atoms with Crippen LogP contribution in [0.2, 0.25) is 0 Å². The largest absolute Gasteiger partial charge is 0.368 e. The molecule has 144 valence electrons. The molecule has 27 heavy (non-hydrogen) atoms. The lowest BCUT2D eigenvalue weighted by Gasteiger charge is -2.37. The molecule has 1 amide bonds. The van der Waals surface area contributed by atoms with Crippen molar-refractivity contribution in [3.05, 3.63) is 42.0 Å². The van der Waals surface area contributed by atoms with Gasteiger partial charge in [-0.1, -0.05) is 41.3 Å².